The van der Waals surface area contributed by atoms with Crippen molar-refractivity contribution in [1.29, 1.82) is 0 Å². The number of hydrogen-bond acceptors (Lipinski definition) is 4. The van der Waals surface area contributed by atoms with Gasteiger partial charge in [-0.05, 0) is 31.9 Å². The van der Waals surface area contributed by atoms with Crippen LogP contribution in [-0.4, -0.2) is 28.7 Å². The monoisotopic (exact) mass is 322 g/mol. The van der Waals surface area contributed by atoms with Crippen molar-refractivity contribution in [2.75, 3.05) is 0 Å². The van der Waals surface area contributed by atoms with Gasteiger partial charge in [0.1, 0.15) is 0 Å². The average molecular weight is 322 g/mol. The molecule has 1 fully saturated rings. The Morgan fingerprint density at radius 2 is 2.18 bits per heavy atom. The summed E-state index contributed by atoms with van der Waals surface area (Å²) in [5, 5.41) is 4.43. The average Bonchev–Trinajstić information content (AvgIpc) is 3.05. The van der Waals surface area contributed by atoms with E-state index in [1.165, 1.54) is 10.6 Å². The van der Waals surface area contributed by atoms with E-state index in [1.54, 1.807) is 30.2 Å². The van der Waals surface area contributed by atoms with E-state index in [4.69, 9.17) is 0 Å². The Morgan fingerprint density at radius 3 is 2.73 bits per heavy atom. The Kier molecular flexibility index (Phi) is 3.56. The zero-order valence-electron chi connectivity index (χ0n) is 12.5. The van der Waals surface area contributed by atoms with Gasteiger partial charge in [-0.25, -0.2) is 4.72 Å². The summed E-state index contributed by atoms with van der Waals surface area (Å²) in [5.41, 5.74) is 1.04. The molecule has 0 aliphatic heterocycles. The lowest BCUT2D eigenvalue weighted by Gasteiger charge is -2.07. The minimum absolute atomic E-state index is 0.0525. The van der Waals surface area contributed by atoms with Crippen molar-refractivity contribution in [3.8, 4) is 0 Å². The molecule has 8 heteroatoms. The zero-order valence-corrected chi connectivity index (χ0v) is 13.3. The highest BCUT2D eigenvalue weighted by Crippen LogP contribution is 2.40. The van der Waals surface area contributed by atoms with Crippen LogP contribution in [0.3, 0.4) is 0 Å². The molecule has 0 atom stereocenters. The molecule has 0 aromatic carbocycles. The molecule has 7 nitrogen and oxygen atoms in total. The predicted molar refractivity (Wildman–Crippen MR) is 79.9 cm³/mol. The quantitative estimate of drug-likeness (QED) is 0.897. The summed E-state index contributed by atoms with van der Waals surface area (Å²) in [7, 11) is -2.27. The number of hydrogen-bond donors (Lipinski definition) is 1. The lowest BCUT2D eigenvalue weighted by atomic mass is 10.2. The van der Waals surface area contributed by atoms with Gasteiger partial charge in [-0.1, -0.05) is 0 Å². The molecule has 118 valence electrons. The van der Waals surface area contributed by atoms with Crippen LogP contribution in [0.15, 0.2) is 29.6 Å². The minimum Gasteiger partial charge on any atom is -0.340 e. The number of amides is 1. The Morgan fingerprint density at radius 1 is 1.45 bits per heavy atom. The highest BCUT2D eigenvalue weighted by Gasteiger charge is 2.32. The summed E-state index contributed by atoms with van der Waals surface area (Å²) in [4.78, 5) is 12.4. The summed E-state index contributed by atoms with van der Waals surface area (Å²) in [6.07, 6.45) is 5.21. The molecule has 1 saturated carbocycles. The van der Waals surface area contributed by atoms with E-state index in [-0.39, 0.29) is 10.9 Å². The normalized spacial score (nSPS) is 15.0. The van der Waals surface area contributed by atoms with Gasteiger partial charge in [-0.2, -0.15) is 13.5 Å². The van der Waals surface area contributed by atoms with Gasteiger partial charge in [0.15, 0.2) is 5.03 Å². The molecule has 1 amide bonds. The van der Waals surface area contributed by atoms with Crippen LogP contribution in [0.2, 0.25) is 0 Å². The van der Waals surface area contributed by atoms with Crippen LogP contribution in [0, 0.1) is 0 Å². The fourth-order valence-corrected chi connectivity index (χ4v) is 3.54. The summed E-state index contributed by atoms with van der Waals surface area (Å²) < 4.78 is 29.8. The third-order valence-electron chi connectivity index (χ3n) is 3.72. The number of nitrogens with one attached hydrogen (secondary N) is 1. The molecule has 0 bridgehead atoms. The van der Waals surface area contributed by atoms with Crippen molar-refractivity contribution < 1.29 is 13.2 Å². The van der Waals surface area contributed by atoms with Gasteiger partial charge in [0.05, 0.1) is 11.3 Å². The summed E-state index contributed by atoms with van der Waals surface area (Å²) in [5.74, 6) is -0.353. The first-order chi connectivity index (χ1) is 10.4. The maximum Gasteiger partial charge on any atom is 0.279 e. The van der Waals surface area contributed by atoms with Gasteiger partial charge in [-0.15, -0.1) is 0 Å². The lowest BCUT2D eigenvalue weighted by molar-refractivity contribution is 0.0980. The van der Waals surface area contributed by atoms with Gasteiger partial charge in [0.25, 0.3) is 15.9 Å². The Hall–Kier alpha value is -2.09. The summed E-state index contributed by atoms with van der Waals surface area (Å²) in [6, 6.07) is 3.07. The molecule has 2 heterocycles. The predicted octanol–water partition coefficient (Wildman–Crippen LogP) is 1.24. The van der Waals surface area contributed by atoms with E-state index in [0.29, 0.717) is 17.8 Å². The van der Waals surface area contributed by atoms with E-state index in [9.17, 15) is 13.2 Å². The van der Waals surface area contributed by atoms with Crippen molar-refractivity contribution in [3.05, 3.63) is 35.8 Å². The topological polar surface area (TPSA) is 86.0 Å². The second kappa shape index (κ2) is 5.28. The molecule has 0 saturated heterocycles. The molecule has 22 heavy (non-hydrogen) atoms. The van der Waals surface area contributed by atoms with Gasteiger partial charge in [0.2, 0.25) is 0 Å². The Bertz CT molecular complexity index is 815. The molecule has 1 aliphatic carbocycles. The SMILES string of the molecule is CCn1cc(C(=O)NS(=O)(=O)c2cccn2C)c(C2CC2)n1. The summed E-state index contributed by atoms with van der Waals surface area (Å²) >= 11 is 0. The van der Waals surface area contributed by atoms with Gasteiger partial charge in [-0.3, -0.25) is 9.48 Å². The largest absolute Gasteiger partial charge is 0.340 e. The lowest BCUT2D eigenvalue weighted by Crippen LogP contribution is -2.32. The van der Waals surface area contributed by atoms with E-state index in [0.717, 1.165) is 12.8 Å². The first kappa shape index (κ1) is 14.8. The van der Waals surface area contributed by atoms with Crippen LogP contribution in [0.1, 0.15) is 41.7 Å². The second-order valence-corrected chi connectivity index (χ2v) is 7.08. The van der Waals surface area contributed by atoms with Gasteiger partial charge >= 0.3 is 0 Å². The molecule has 2 aromatic rings. The maximum absolute atomic E-state index is 12.4. The smallest absolute Gasteiger partial charge is 0.279 e. The van der Waals surface area contributed by atoms with Crippen molar-refractivity contribution in [1.82, 2.24) is 19.1 Å². The highest BCUT2D eigenvalue weighted by molar-refractivity contribution is 7.90. The molecule has 0 radical (unpaired) electrons. The molecule has 1 N–H and O–H groups in total. The van der Waals surface area contributed by atoms with E-state index >= 15 is 0 Å². The molecule has 0 unspecified atom stereocenters. The van der Waals surface area contributed by atoms with Crippen LogP contribution in [0.5, 0.6) is 0 Å². The highest BCUT2D eigenvalue weighted by atomic mass is 32.2. The molecule has 3 rings (SSSR count). The minimum atomic E-state index is -3.89. The van der Waals surface area contributed by atoms with Crippen molar-refractivity contribution in [2.24, 2.45) is 7.05 Å². The fraction of sp³-hybridized carbons (Fsp3) is 0.429. The summed E-state index contributed by atoms with van der Waals surface area (Å²) in [6.45, 7) is 2.56. The molecule has 1 aliphatic rings. The Balaban J connectivity index is 1.89. The van der Waals surface area contributed by atoms with E-state index in [2.05, 4.69) is 9.82 Å². The van der Waals surface area contributed by atoms with Gasteiger partial charge < -0.3 is 4.57 Å². The van der Waals surface area contributed by atoms with Crippen LogP contribution in [-0.2, 0) is 23.6 Å². The maximum atomic E-state index is 12.4. The number of carbonyl (C=O) groups is 1. The third kappa shape index (κ3) is 2.66. The molecule has 2 aromatic heterocycles. The van der Waals surface area contributed by atoms with Crippen LogP contribution in [0.25, 0.3) is 0 Å². The fourth-order valence-electron chi connectivity index (χ4n) is 2.39. The van der Waals surface area contributed by atoms with Crippen LogP contribution in [0.4, 0.5) is 0 Å². The van der Waals surface area contributed by atoms with Crippen molar-refractivity contribution in [2.45, 2.75) is 37.3 Å². The Labute approximate surface area is 129 Å². The number of rotatable bonds is 5. The number of carbonyl (C=O) groups excluding carboxylic acids is 1. The molecular formula is C14H18N4O3S. The van der Waals surface area contributed by atoms with E-state index in [1.807, 2.05) is 6.92 Å². The van der Waals surface area contributed by atoms with Crippen LogP contribution >= 0.6 is 0 Å². The third-order valence-corrected chi connectivity index (χ3v) is 5.15. The van der Waals surface area contributed by atoms with Crippen molar-refractivity contribution in [3.63, 3.8) is 0 Å². The molecular weight excluding hydrogens is 304 g/mol. The number of aromatic nitrogens is 3. The number of nitrogens with zero attached hydrogens (tertiary/aromatic N) is 3. The number of sulfonamides is 1. The van der Waals surface area contributed by atoms with Crippen LogP contribution < -0.4 is 4.72 Å². The second-order valence-electron chi connectivity index (χ2n) is 5.45. The van der Waals surface area contributed by atoms with Gasteiger partial charge in [0, 0.05) is 31.9 Å². The first-order valence-electron chi connectivity index (χ1n) is 7.18. The van der Waals surface area contributed by atoms with Crippen molar-refractivity contribution >= 4 is 15.9 Å². The zero-order chi connectivity index (χ0) is 15.9. The molecule has 0 spiro atoms. The number of aryl methyl sites for hydroxylation is 2. The first-order valence-corrected chi connectivity index (χ1v) is 8.66. The van der Waals surface area contributed by atoms with E-state index < -0.39 is 15.9 Å². The standard InChI is InChI=1S/C14H18N4O3S/c1-3-18-9-11(13(15-18)10-6-7-10)14(19)16-22(20,21)12-5-4-8-17(12)2/h4-5,8-10H,3,6-7H2,1-2H3,(H,16,19).